The van der Waals surface area contributed by atoms with Crippen molar-refractivity contribution in [3.05, 3.63) is 33.3 Å². The maximum absolute atomic E-state index is 13.0. The van der Waals surface area contributed by atoms with Gasteiger partial charge in [-0.3, -0.25) is 4.79 Å². The lowest BCUT2D eigenvalue weighted by atomic mass is 10.2. The van der Waals surface area contributed by atoms with Crippen LogP contribution in [0.2, 0.25) is 5.02 Å². The van der Waals surface area contributed by atoms with Crippen molar-refractivity contribution in [2.45, 2.75) is 12.3 Å². The largest absolute Gasteiger partial charge is 0.332 e. The monoisotopic (exact) mass is 323 g/mol. The number of rotatable bonds is 1. The topological polar surface area (TPSA) is 20.3 Å². The predicted molar refractivity (Wildman–Crippen MR) is 64.6 cm³/mol. The molecule has 6 heteroatoms. The van der Waals surface area contributed by atoms with Crippen molar-refractivity contribution < 1.29 is 13.6 Å². The Balaban J connectivity index is 2.24. The van der Waals surface area contributed by atoms with Gasteiger partial charge in [-0.25, -0.2) is 8.78 Å². The molecule has 1 aliphatic rings. The fourth-order valence-electron chi connectivity index (χ4n) is 1.75. The molecule has 1 aliphatic heterocycles. The molecule has 0 unspecified atom stereocenters. The van der Waals surface area contributed by atoms with Crippen LogP contribution in [0.25, 0.3) is 0 Å². The molecule has 0 N–H and O–H groups in total. The number of halogens is 4. The van der Waals surface area contributed by atoms with Gasteiger partial charge in [0.15, 0.2) is 0 Å². The third kappa shape index (κ3) is 2.60. The van der Waals surface area contributed by atoms with Crippen molar-refractivity contribution in [1.29, 1.82) is 0 Å². The Morgan fingerprint density at radius 1 is 1.47 bits per heavy atom. The molecule has 17 heavy (non-hydrogen) atoms. The molecule has 1 heterocycles. The zero-order valence-corrected chi connectivity index (χ0v) is 11.1. The number of nitrogens with zero attached hydrogens (tertiary/aromatic N) is 1. The predicted octanol–water partition coefficient (Wildman–Crippen LogP) is 3.58. The van der Waals surface area contributed by atoms with Gasteiger partial charge in [0.05, 0.1) is 17.1 Å². The number of alkyl halides is 2. The minimum Gasteiger partial charge on any atom is -0.332 e. The van der Waals surface area contributed by atoms with Crippen LogP contribution in [-0.4, -0.2) is 29.8 Å². The molecular weight excluding hydrogens is 315 g/mol. The normalized spacial score (nSPS) is 18.5. The summed E-state index contributed by atoms with van der Waals surface area (Å²) in [4.78, 5) is 13.2. The lowest BCUT2D eigenvalue weighted by molar-refractivity contribution is 0.0120. The molecule has 0 bridgehead atoms. The summed E-state index contributed by atoms with van der Waals surface area (Å²) in [6.07, 6.45) is -0.281. The first-order chi connectivity index (χ1) is 7.91. The molecule has 1 fully saturated rings. The average molecular weight is 325 g/mol. The summed E-state index contributed by atoms with van der Waals surface area (Å²) >= 11 is 9.04. The van der Waals surface area contributed by atoms with Crippen LogP contribution in [0.4, 0.5) is 8.78 Å². The van der Waals surface area contributed by atoms with Crippen molar-refractivity contribution in [2.24, 2.45) is 0 Å². The van der Waals surface area contributed by atoms with Crippen LogP contribution in [0.3, 0.4) is 0 Å². The van der Waals surface area contributed by atoms with E-state index in [0.29, 0.717) is 15.1 Å². The van der Waals surface area contributed by atoms with Crippen molar-refractivity contribution in [1.82, 2.24) is 4.90 Å². The Morgan fingerprint density at radius 2 is 2.18 bits per heavy atom. The van der Waals surface area contributed by atoms with E-state index in [-0.39, 0.29) is 13.0 Å². The van der Waals surface area contributed by atoms with Crippen LogP contribution in [0.5, 0.6) is 0 Å². The zero-order valence-electron chi connectivity index (χ0n) is 8.72. The summed E-state index contributed by atoms with van der Waals surface area (Å²) in [7, 11) is 0. The number of carbonyl (C=O) groups is 1. The van der Waals surface area contributed by atoms with E-state index in [1.54, 1.807) is 18.2 Å². The van der Waals surface area contributed by atoms with Gasteiger partial charge in [0.2, 0.25) is 0 Å². The molecule has 0 aromatic heterocycles. The maximum Gasteiger partial charge on any atom is 0.267 e. The first kappa shape index (κ1) is 12.8. The van der Waals surface area contributed by atoms with Gasteiger partial charge < -0.3 is 4.90 Å². The number of hydrogen-bond donors (Lipinski definition) is 0. The van der Waals surface area contributed by atoms with Gasteiger partial charge in [0.1, 0.15) is 0 Å². The number of hydrogen-bond acceptors (Lipinski definition) is 1. The molecule has 0 spiro atoms. The van der Waals surface area contributed by atoms with Crippen molar-refractivity contribution in [3.63, 3.8) is 0 Å². The average Bonchev–Trinajstić information content (AvgIpc) is 2.62. The molecule has 0 radical (unpaired) electrons. The van der Waals surface area contributed by atoms with Crippen molar-refractivity contribution >= 4 is 33.4 Å². The molecule has 2 nitrogen and oxygen atoms in total. The molecule has 2 rings (SSSR count). The van der Waals surface area contributed by atoms with E-state index in [9.17, 15) is 13.6 Å². The minimum absolute atomic E-state index is 0.0742. The Morgan fingerprint density at radius 3 is 2.76 bits per heavy atom. The van der Waals surface area contributed by atoms with Gasteiger partial charge in [-0.15, -0.1) is 0 Å². The van der Waals surface area contributed by atoms with Crippen LogP contribution in [-0.2, 0) is 0 Å². The van der Waals surface area contributed by atoms with Crippen molar-refractivity contribution in [3.8, 4) is 0 Å². The summed E-state index contributed by atoms with van der Waals surface area (Å²) in [5.41, 5.74) is 0.315. The lowest BCUT2D eigenvalue weighted by Gasteiger charge is -2.17. The Bertz CT molecular complexity index is 467. The first-order valence-corrected chi connectivity index (χ1v) is 6.19. The van der Waals surface area contributed by atoms with Gasteiger partial charge in [-0.2, -0.15) is 0 Å². The van der Waals surface area contributed by atoms with E-state index in [4.69, 9.17) is 11.6 Å². The summed E-state index contributed by atoms with van der Waals surface area (Å²) < 4.78 is 26.5. The van der Waals surface area contributed by atoms with Crippen LogP contribution in [0, 0.1) is 0 Å². The number of likely N-dealkylation sites (tertiary alicyclic amines) is 1. The molecule has 92 valence electrons. The second-order valence-corrected chi connectivity index (χ2v) is 5.13. The minimum atomic E-state index is -2.78. The third-order valence-electron chi connectivity index (χ3n) is 2.64. The van der Waals surface area contributed by atoms with Crippen molar-refractivity contribution in [2.75, 3.05) is 13.1 Å². The number of amides is 1. The van der Waals surface area contributed by atoms with Gasteiger partial charge >= 0.3 is 0 Å². The van der Waals surface area contributed by atoms with E-state index >= 15 is 0 Å². The van der Waals surface area contributed by atoms with Gasteiger partial charge in [-0.1, -0.05) is 17.7 Å². The smallest absolute Gasteiger partial charge is 0.267 e. The molecule has 1 aromatic rings. The summed E-state index contributed by atoms with van der Waals surface area (Å²) in [6.45, 7) is -0.449. The Kier molecular flexibility index (Phi) is 3.41. The molecular formula is C11H9BrClF2NO. The highest BCUT2D eigenvalue weighted by Gasteiger charge is 2.40. The zero-order chi connectivity index (χ0) is 12.6. The van der Waals surface area contributed by atoms with E-state index < -0.39 is 18.4 Å². The second kappa shape index (κ2) is 4.53. The quantitative estimate of drug-likeness (QED) is 0.773. The number of carbonyl (C=O) groups excluding carboxylic acids is 1. The standard InChI is InChI=1S/C11H9BrClF2NO/c12-9-7(2-1-3-8(9)13)10(17)16-5-4-11(14,15)6-16/h1-3H,4-6H2. The van der Waals surface area contributed by atoms with E-state index in [1.165, 1.54) is 0 Å². The SMILES string of the molecule is O=C(c1cccc(Cl)c1Br)N1CCC(F)(F)C1. The number of benzene rings is 1. The fraction of sp³-hybridized carbons (Fsp3) is 0.364. The van der Waals surface area contributed by atoms with Gasteiger partial charge in [0.25, 0.3) is 11.8 Å². The third-order valence-corrected chi connectivity index (χ3v) is 4.04. The summed E-state index contributed by atoms with van der Waals surface area (Å²) in [5.74, 6) is -3.20. The summed E-state index contributed by atoms with van der Waals surface area (Å²) in [6, 6.07) is 4.81. The van der Waals surface area contributed by atoms with Crippen LogP contribution in [0.15, 0.2) is 22.7 Å². The molecule has 0 saturated carbocycles. The van der Waals surface area contributed by atoms with Crippen LogP contribution < -0.4 is 0 Å². The Labute approximate surface area is 111 Å². The molecule has 1 aromatic carbocycles. The molecule has 0 aliphatic carbocycles. The van der Waals surface area contributed by atoms with Gasteiger partial charge in [0, 0.05) is 17.4 Å². The highest BCUT2D eigenvalue weighted by atomic mass is 79.9. The molecule has 1 saturated heterocycles. The first-order valence-electron chi connectivity index (χ1n) is 5.02. The van der Waals surface area contributed by atoms with Crippen LogP contribution >= 0.6 is 27.5 Å². The fourth-order valence-corrected chi connectivity index (χ4v) is 2.36. The van der Waals surface area contributed by atoms with Gasteiger partial charge in [-0.05, 0) is 28.1 Å². The highest BCUT2D eigenvalue weighted by molar-refractivity contribution is 9.10. The highest BCUT2D eigenvalue weighted by Crippen LogP contribution is 2.31. The second-order valence-electron chi connectivity index (χ2n) is 3.93. The van der Waals surface area contributed by atoms with E-state index in [2.05, 4.69) is 15.9 Å². The molecule has 1 amide bonds. The molecule has 0 atom stereocenters. The summed E-state index contributed by atoms with van der Waals surface area (Å²) in [5, 5.41) is 0.391. The maximum atomic E-state index is 13.0. The van der Waals surface area contributed by atoms with E-state index in [0.717, 1.165) is 4.90 Å². The van der Waals surface area contributed by atoms with E-state index in [1.807, 2.05) is 0 Å². The lowest BCUT2D eigenvalue weighted by Crippen LogP contribution is -2.31. The van der Waals surface area contributed by atoms with Crippen LogP contribution in [0.1, 0.15) is 16.8 Å². The Hall–Kier alpha value is -0.680.